The van der Waals surface area contributed by atoms with Gasteiger partial charge in [-0.05, 0) is 55.4 Å². The summed E-state index contributed by atoms with van der Waals surface area (Å²) >= 11 is 0. The van der Waals surface area contributed by atoms with Gasteiger partial charge in [-0.25, -0.2) is 0 Å². The molecule has 22 heavy (non-hydrogen) atoms. The first-order valence-corrected chi connectivity index (χ1v) is 9.82. The van der Waals surface area contributed by atoms with Gasteiger partial charge in [0.1, 0.15) is 0 Å². The molecule has 2 saturated carbocycles. The van der Waals surface area contributed by atoms with Crippen molar-refractivity contribution >= 4 is 0 Å². The van der Waals surface area contributed by atoms with Gasteiger partial charge in [-0.1, -0.05) is 81.7 Å². The van der Waals surface area contributed by atoms with Crippen molar-refractivity contribution in [3.05, 3.63) is 35.4 Å². The Labute approximate surface area is 137 Å². The number of aryl methyl sites for hydroxylation is 1. The van der Waals surface area contributed by atoms with Crippen molar-refractivity contribution in [3.8, 4) is 0 Å². The van der Waals surface area contributed by atoms with E-state index in [9.17, 15) is 0 Å². The van der Waals surface area contributed by atoms with Crippen LogP contribution in [0.15, 0.2) is 24.3 Å². The Balaban J connectivity index is 1.79. The summed E-state index contributed by atoms with van der Waals surface area (Å²) in [5.74, 6) is 1.98. The van der Waals surface area contributed by atoms with Crippen LogP contribution < -0.4 is 0 Å². The van der Waals surface area contributed by atoms with E-state index in [0.717, 1.165) is 11.8 Å². The van der Waals surface area contributed by atoms with E-state index in [4.69, 9.17) is 0 Å². The molecule has 0 N–H and O–H groups in total. The van der Waals surface area contributed by atoms with Crippen LogP contribution in [-0.2, 0) is 5.41 Å². The zero-order valence-electron chi connectivity index (χ0n) is 14.7. The molecule has 2 aliphatic rings. The third-order valence-electron chi connectivity index (χ3n) is 6.70. The molecule has 0 unspecified atom stereocenters. The van der Waals surface area contributed by atoms with Crippen LogP contribution >= 0.6 is 0 Å². The van der Waals surface area contributed by atoms with Crippen LogP contribution in [0.2, 0.25) is 0 Å². The molecule has 0 bridgehead atoms. The molecule has 0 amide bonds. The molecule has 0 nitrogen and oxygen atoms in total. The first kappa shape index (κ1) is 16.1. The largest absolute Gasteiger partial charge is 0.0654 e. The topological polar surface area (TPSA) is 0 Å². The van der Waals surface area contributed by atoms with E-state index in [2.05, 4.69) is 38.1 Å². The molecule has 0 aromatic heterocycles. The predicted molar refractivity (Wildman–Crippen MR) is 96.3 cm³/mol. The van der Waals surface area contributed by atoms with Crippen molar-refractivity contribution in [1.29, 1.82) is 0 Å². The standard InChI is InChI=1S/C22H34/c1-3-7-19-10-14-21(15-11-19)22(16-5-4-6-17-22)20-12-8-18(2)9-13-20/h8-9,12-13,19,21H,3-7,10-11,14-17H2,1-2H3. The maximum atomic E-state index is 2.46. The van der Waals surface area contributed by atoms with Gasteiger partial charge < -0.3 is 0 Å². The summed E-state index contributed by atoms with van der Waals surface area (Å²) in [7, 11) is 0. The molecule has 0 atom stereocenters. The highest BCUT2D eigenvalue weighted by Gasteiger charge is 2.42. The first-order valence-electron chi connectivity index (χ1n) is 9.82. The second-order valence-electron chi connectivity index (χ2n) is 8.09. The zero-order chi connectivity index (χ0) is 15.4. The maximum absolute atomic E-state index is 2.46. The summed E-state index contributed by atoms with van der Waals surface area (Å²) in [5, 5.41) is 0. The van der Waals surface area contributed by atoms with Gasteiger partial charge in [-0.2, -0.15) is 0 Å². The lowest BCUT2D eigenvalue weighted by molar-refractivity contribution is 0.125. The van der Waals surface area contributed by atoms with E-state index in [1.807, 2.05) is 0 Å². The van der Waals surface area contributed by atoms with Crippen molar-refractivity contribution in [2.24, 2.45) is 11.8 Å². The summed E-state index contributed by atoms with van der Waals surface area (Å²) in [4.78, 5) is 0. The first-order chi connectivity index (χ1) is 10.7. The third-order valence-corrected chi connectivity index (χ3v) is 6.70. The minimum absolute atomic E-state index is 0.517. The molecule has 0 spiro atoms. The fourth-order valence-corrected chi connectivity index (χ4v) is 5.41. The van der Waals surface area contributed by atoms with Crippen molar-refractivity contribution in [2.45, 2.75) is 89.9 Å². The van der Waals surface area contributed by atoms with Gasteiger partial charge in [0.05, 0.1) is 0 Å². The molecule has 0 aliphatic heterocycles. The Hall–Kier alpha value is -0.780. The third kappa shape index (κ3) is 3.26. The van der Waals surface area contributed by atoms with Gasteiger partial charge in [0.2, 0.25) is 0 Å². The van der Waals surface area contributed by atoms with E-state index >= 15 is 0 Å². The van der Waals surface area contributed by atoms with E-state index < -0.39 is 0 Å². The van der Waals surface area contributed by atoms with Gasteiger partial charge >= 0.3 is 0 Å². The van der Waals surface area contributed by atoms with Crippen molar-refractivity contribution < 1.29 is 0 Å². The Morgan fingerprint density at radius 3 is 2.14 bits per heavy atom. The minimum atomic E-state index is 0.517. The molecule has 0 heterocycles. The molecule has 3 rings (SSSR count). The number of hydrogen-bond acceptors (Lipinski definition) is 0. The van der Waals surface area contributed by atoms with Crippen LogP contribution in [0.4, 0.5) is 0 Å². The average Bonchev–Trinajstić information content (AvgIpc) is 2.57. The minimum Gasteiger partial charge on any atom is -0.0654 e. The van der Waals surface area contributed by atoms with Crippen LogP contribution in [0.1, 0.15) is 88.7 Å². The lowest BCUT2D eigenvalue weighted by Crippen LogP contribution is -2.39. The van der Waals surface area contributed by atoms with Crippen LogP contribution in [0.3, 0.4) is 0 Å². The Bertz CT molecular complexity index is 441. The lowest BCUT2D eigenvalue weighted by Gasteiger charge is -2.47. The quantitative estimate of drug-likeness (QED) is 0.573. The van der Waals surface area contributed by atoms with Crippen LogP contribution in [0.25, 0.3) is 0 Å². The molecule has 1 aromatic carbocycles. The highest BCUT2D eigenvalue weighted by Crippen LogP contribution is 2.51. The second kappa shape index (κ2) is 7.20. The fraction of sp³-hybridized carbons (Fsp3) is 0.727. The van der Waals surface area contributed by atoms with Crippen LogP contribution in [-0.4, -0.2) is 0 Å². The highest BCUT2D eigenvalue weighted by atomic mass is 14.5. The highest BCUT2D eigenvalue weighted by molar-refractivity contribution is 5.30. The summed E-state index contributed by atoms with van der Waals surface area (Å²) in [6.45, 7) is 4.56. The number of hydrogen-bond donors (Lipinski definition) is 0. The summed E-state index contributed by atoms with van der Waals surface area (Å²) in [5.41, 5.74) is 3.58. The van der Waals surface area contributed by atoms with Crippen molar-refractivity contribution in [3.63, 3.8) is 0 Å². The van der Waals surface area contributed by atoms with Crippen LogP contribution in [0.5, 0.6) is 0 Å². The monoisotopic (exact) mass is 298 g/mol. The van der Waals surface area contributed by atoms with Gasteiger partial charge in [-0.15, -0.1) is 0 Å². The van der Waals surface area contributed by atoms with E-state index in [0.29, 0.717) is 5.41 Å². The van der Waals surface area contributed by atoms with Crippen molar-refractivity contribution in [2.75, 3.05) is 0 Å². The maximum Gasteiger partial charge on any atom is -0.00187 e. The van der Waals surface area contributed by atoms with E-state index in [-0.39, 0.29) is 0 Å². The Morgan fingerprint density at radius 2 is 1.55 bits per heavy atom. The fourth-order valence-electron chi connectivity index (χ4n) is 5.41. The smallest absolute Gasteiger partial charge is 0.00187 e. The SMILES string of the molecule is CCCC1CCC(C2(c3ccc(C)cc3)CCCCC2)CC1. The molecule has 2 fully saturated rings. The van der Waals surface area contributed by atoms with Gasteiger partial charge in [0, 0.05) is 0 Å². The zero-order valence-corrected chi connectivity index (χ0v) is 14.7. The average molecular weight is 299 g/mol. The summed E-state index contributed by atoms with van der Waals surface area (Å²) in [6.07, 6.45) is 16.0. The molecular formula is C22H34. The summed E-state index contributed by atoms with van der Waals surface area (Å²) < 4.78 is 0. The molecule has 2 aliphatic carbocycles. The number of benzene rings is 1. The second-order valence-corrected chi connectivity index (χ2v) is 8.09. The lowest BCUT2D eigenvalue weighted by atomic mass is 9.57. The molecule has 1 aromatic rings. The van der Waals surface area contributed by atoms with Crippen LogP contribution in [0, 0.1) is 18.8 Å². The molecule has 122 valence electrons. The summed E-state index contributed by atoms with van der Waals surface area (Å²) in [6, 6.07) is 9.60. The normalized spacial score (nSPS) is 28.5. The predicted octanol–water partition coefficient (Wildman–Crippen LogP) is 6.80. The molecule has 0 heteroatoms. The number of rotatable bonds is 4. The van der Waals surface area contributed by atoms with Crippen molar-refractivity contribution in [1.82, 2.24) is 0 Å². The Kier molecular flexibility index (Phi) is 5.26. The van der Waals surface area contributed by atoms with Gasteiger partial charge in [0.15, 0.2) is 0 Å². The molecule has 0 radical (unpaired) electrons. The van der Waals surface area contributed by atoms with E-state index in [1.165, 1.54) is 76.2 Å². The molecule has 0 saturated heterocycles. The Morgan fingerprint density at radius 1 is 0.909 bits per heavy atom. The van der Waals surface area contributed by atoms with Gasteiger partial charge in [0.25, 0.3) is 0 Å². The van der Waals surface area contributed by atoms with Gasteiger partial charge in [-0.3, -0.25) is 0 Å². The van der Waals surface area contributed by atoms with E-state index in [1.54, 1.807) is 5.56 Å². The molecular weight excluding hydrogens is 264 g/mol.